The van der Waals surface area contributed by atoms with Crippen molar-refractivity contribution in [2.24, 2.45) is 4.99 Å². The molecule has 0 saturated carbocycles. The van der Waals surface area contributed by atoms with Crippen molar-refractivity contribution in [2.45, 2.75) is 0 Å². The van der Waals surface area contributed by atoms with E-state index in [1.165, 1.54) is 23.1 Å². The molecule has 1 aromatic heterocycles. The Morgan fingerprint density at radius 1 is 1.53 bits per heavy atom. The Labute approximate surface area is 89.4 Å². The summed E-state index contributed by atoms with van der Waals surface area (Å²) in [7, 11) is 1.28. The molecular weight excluding hydrogens is 214 g/mol. The van der Waals surface area contributed by atoms with Gasteiger partial charge >= 0.3 is 6.09 Å². The van der Waals surface area contributed by atoms with Crippen LogP contribution in [0.25, 0.3) is 10.2 Å². The van der Waals surface area contributed by atoms with Crippen molar-refractivity contribution >= 4 is 27.6 Å². The lowest BCUT2D eigenvalue weighted by molar-refractivity contribution is 0.181. The van der Waals surface area contributed by atoms with Crippen LogP contribution in [-0.4, -0.2) is 17.9 Å². The Kier molecular flexibility index (Phi) is 2.42. The van der Waals surface area contributed by atoms with E-state index in [9.17, 15) is 4.79 Å². The zero-order valence-electron chi connectivity index (χ0n) is 8.01. The molecule has 0 atom stereocenters. The first-order chi connectivity index (χ1) is 7.22. The van der Waals surface area contributed by atoms with E-state index in [1.54, 1.807) is 0 Å². The number of ether oxygens (including phenoxy) is 1. The van der Waals surface area contributed by atoms with Gasteiger partial charge in [0.25, 0.3) is 0 Å². The molecule has 1 amide bonds. The van der Waals surface area contributed by atoms with Crippen LogP contribution in [0.4, 0.5) is 4.79 Å². The van der Waals surface area contributed by atoms with Crippen molar-refractivity contribution in [3.05, 3.63) is 29.1 Å². The Bertz CT molecular complexity index is 570. The Morgan fingerprint density at radius 2 is 2.27 bits per heavy atom. The minimum absolute atomic E-state index is 0.419. The maximum Gasteiger partial charge on any atom is 0.436 e. The summed E-state index contributed by atoms with van der Waals surface area (Å²) in [4.78, 5) is 15.1. The van der Waals surface area contributed by atoms with Crippen molar-refractivity contribution in [3.63, 3.8) is 0 Å². The summed E-state index contributed by atoms with van der Waals surface area (Å²) in [6, 6.07) is 7.56. The number of methoxy groups -OCH3 is 1. The predicted molar refractivity (Wildman–Crippen MR) is 57.9 cm³/mol. The summed E-state index contributed by atoms with van der Waals surface area (Å²) in [5.41, 5.74) is 0.838. The Balaban J connectivity index is 2.68. The van der Waals surface area contributed by atoms with Gasteiger partial charge in [0.1, 0.15) is 0 Å². The zero-order valence-corrected chi connectivity index (χ0v) is 8.82. The molecule has 0 radical (unpaired) electrons. The lowest BCUT2D eigenvalue weighted by Gasteiger charge is -1.93. The molecular formula is C9H9N3O2S. The SMILES string of the molecule is COC(=O)/N=c1/sc2ccccc2n1N. The summed E-state index contributed by atoms with van der Waals surface area (Å²) in [5, 5.41) is 0. The maximum atomic E-state index is 11.0. The van der Waals surface area contributed by atoms with E-state index in [0.717, 1.165) is 10.2 Å². The van der Waals surface area contributed by atoms with Gasteiger partial charge in [-0.25, -0.2) is 9.47 Å². The number of aromatic nitrogens is 1. The highest BCUT2D eigenvalue weighted by atomic mass is 32.1. The largest absolute Gasteiger partial charge is 0.451 e. The van der Waals surface area contributed by atoms with Crippen molar-refractivity contribution in [2.75, 3.05) is 13.0 Å². The summed E-state index contributed by atoms with van der Waals surface area (Å²) in [6.45, 7) is 0. The van der Waals surface area contributed by atoms with Crippen LogP contribution in [0.15, 0.2) is 29.3 Å². The first kappa shape index (κ1) is 9.72. The molecule has 2 aromatic rings. The average molecular weight is 223 g/mol. The molecule has 1 heterocycles. The molecule has 0 fully saturated rings. The van der Waals surface area contributed by atoms with E-state index in [4.69, 9.17) is 5.84 Å². The fraction of sp³-hybridized carbons (Fsp3) is 0.111. The molecule has 0 unspecified atom stereocenters. The van der Waals surface area contributed by atoms with Crippen molar-refractivity contribution in [3.8, 4) is 0 Å². The smallest absolute Gasteiger partial charge is 0.436 e. The van der Waals surface area contributed by atoms with Gasteiger partial charge in [-0.1, -0.05) is 23.5 Å². The van der Waals surface area contributed by atoms with Crippen LogP contribution in [0.2, 0.25) is 0 Å². The first-order valence-electron chi connectivity index (χ1n) is 4.20. The highest BCUT2D eigenvalue weighted by molar-refractivity contribution is 7.16. The lowest BCUT2D eigenvalue weighted by Crippen LogP contribution is -2.23. The molecule has 0 aliphatic heterocycles. The number of amides is 1. The van der Waals surface area contributed by atoms with E-state index in [2.05, 4.69) is 9.73 Å². The number of carbonyl (C=O) groups excluding carboxylic acids is 1. The van der Waals surface area contributed by atoms with E-state index in [-0.39, 0.29) is 0 Å². The number of carbonyl (C=O) groups is 1. The van der Waals surface area contributed by atoms with Crippen LogP contribution >= 0.6 is 11.3 Å². The molecule has 0 bridgehead atoms. The summed E-state index contributed by atoms with van der Waals surface area (Å²) in [5.74, 6) is 5.77. The van der Waals surface area contributed by atoms with Crippen LogP contribution in [0.3, 0.4) is 0 Å². The second-order valence-corrected chi connectivity index (χ2v) is 3.81. The summed E-state index contributed by atoms with van der Waals surface area (Å²) >= 11 is 1.34. The number of nitrogen functional groups attached to an aromatic ring is 1. The quantitative estimate of drug-likeness (QED) is 0.679. The van der Waals surface area contributed by atoms with Crippen LogP contribution in [0, 0.1) is 0 Å². The van der Waals surface area contributed by atoms with Crippen molar-refractivity contribution in [1.29, 1.82) is 0 Å². The second kappa shape index (κ2) is 3.74. The van der Waals surface area contributed by atoms with Gasteiger partial charge in [-0.05, 0) is 12.1 Å². The number of hydrogen-bond donors (Lipinski definition) is 1. The first-order valence-corrected chi connectivity index (χ1v) is 5.02. The maximum absolute atomic E-state index is 11.0. The molecule has 1 aromatic carbocycles. The standard InChI is InChI=1S/C9H9N3O2S/c1-14-9(13)11-8-12(10)6-4-2-3-5-7(6)15-8/h2-5H,10H2,1H3/b11-8+. The predicted octanol–water partition coefficient (Wildman–Crippen LogP) is 1.08. The number of para-hydroxylation sites is 1. The third-order valence-corrected chi connectivity index (χ3v) is 2.93. The number of fused-ring (bicyclic) bond motifs is 1. The van der Waals surface area contributed by atoms with Crippen molar-refractivity contribution < 1.29 is 9.53 Å². The normalized spacial score (nSPS) is 11.9. The van der Waals surface area contributed by atoms with E-state index < -0.39 is 6.09 Å². The van der Waals surface area contributed by atoms with Gasteiger partial charge in [-0.15, -0.1) is 4.99 Å². The fourth-order valence-corrected chi connectivity index (χ4v) is 2.12. The van der Waals surface area contributed by atoms with Gasteiger partial charge in [-0.2, -0.15) is 0 Å². The number of thiazole rings is 1. The van der Waals surface area contributed by atoms with E-state index >= 15 is 0 Å². The Morgan fingerprint density at radius 3 is 2.93 bits per heavy atom. The summed E-state index contributed by atoms with van der Waals surface area (Å²) in [6.07, 6.45) is -0.652. The van der Waals surface area contributed by atoms with Crippen LogP contribution in [-0.2, 0) is 4.74 Å². The van der Waals surface area contributed by atoms with Crippen LogP contribution in [0.1, 0.15) is 0 Å². The number of rotatable bonds is 0. The zero-order chi connectivity index (χ0) is 10.8. The lowest BCUT2D eigenvalue weighted by atomic mass is 10.3. The van der Waals surface area contributed by atoms with Gasteiger partial charge < -0.3 is 10.6 Å². The molecule has 6 heteroatoms. The highest BCUT2D eigenvalue weighted by Crippen LogP contribution is 2.14. The number of nitrogens with two attached hydrogens (primary N) is 1. The van der Waals surface area contributed by atoms with Crippen molar-refractivity contribution in [1.82, 2.24) is 4.68 Å². The minimum Gasteiger partial charge on any atom is -0.451 e. The minimum atomic E-state index is -0.652. The molecule has 2 rings (SSSR count). The van der Waals surface area contributed by atoms with Gasteiger partial charge in [0.05, 0.1) is 17.3 Å². The Hall–Kier alpha value is -1.82. The van der Waals surface area contributed by atoms with Crippen LogP contribution < -0.4 is 10.6 Å². The van der Waals surface area contributed by atoms with Gasteiger partial charge in [0.15, 0.2) is 0 Å². The van der Waals surface area contributed by atoms with E-state index in [0.29, 0.717) is 4.80 Å². The third-order valence-electron chi connectivity index (χ3n) is 1.89. The fourth-order valence-electron chi connectivity index (χ4n) is 1.19. The number of hydrogen-bond acceptors (Lipinski definition) is 4. The topological polar surface area (TPSA) is 69.6 Å². The summed E-state index contributed by atoms with van der Waals surface area (Å²) < 4.78 is 6.78. The van der Waals surface area contributed by atoms with Gasteiger partial charge in [0.2, 0.25) is 4.80 Å². The highest BCUT2D eigenvalue weighted by Gasteiger charge is 2.03. The molecule has 0 saturated heterocycles. The van der Waals surface area contributed by atoms with Gasteiger partial charge in [0, 0.05) is 0 Å². The molecule has 5 nitrogen and oxygen atoms in total. The second-order valence-electron chi connectivity index (χ2n) is 2.80. The molecule has 0 aliphatic carbocycles. The molecule has 2 N–H and O–H groups in total. The van der Waals surface area contributed by atoms with E-state index in [1.807, 2.05) is 24.3 Å². The molecule has 0 spiro atoms. The number of benzene rings is 1. The molecule has 78 valence electrons. The average Bonchev–Trinajstić information content (AvgIpc) is 2.57. The molecule has 15 heavy (non-hydrogen) atoms. The molecule has 0 aliphatic rings. The number of nitrogens with zero attached hydrogens (tertiary/aromatic N) is 2. The van der Waals surface area contributed by atoms with Crippen LogP contribution in [0.5, 0.6) is 0 Å². The monoisotopic (exact) mass is 223 g/mol. The van der Waals surface area contributed by atoms with Gasteiger partial charge in [-0.3, -0.25) is 0 Å². The third kappa shape index (κ3) is 1.71.